The molecule has 2 aromatic heterocycles. The zero-order chi connectivity index (χ0) is 17.9. The van der Waals surface area contributed by atoms with Crippen molar-refractivity contribution in [1.82, 2.24) is 19.7 Å². The van der Waals surface area contributed by atoms with E-state index in [0.29, 0.717) is 11.3 Å². The molecule has 0 aromatic carbocycles. The summed E-state index contributed by atoms with van der Waals surface area (Å²) in [7, 11) is 0. The predicted octanol–water partition coefficient (Wildman–Crippen LogP) is 2.24. The van der Waals surface area contributed by atoms with Gasteiger partial charge in [-0.2, -0.15) is 0 Å². The molecular formula is C16H22N4O4. The van der Waals surface area contributed by atoms with Crippen LogP contribution in [0.2, 0.25) is 0 Å². The topological polar surface area (TPSA) is 94.8 Å². The van der Waals surface area contributed by atoms with Gasteiger partial charge in [0.1, 0.15) is 11.3 Å². The molecule has 8 heteroatoms. The maximum absolute atomic E-state index is 11.8. The first-order valence-electron chi connectivity index (χ1n) is 7.69. The number of carbonyl (C=O) groups is 2. The molecular weight excluding hydrogens is 312 g/mol. The van der Waals surface area contributed by atoms with Crippen molar-refractivity contribution < 1.29 is 19.1 Å². The molecule has 8 nitrogen and oxygen atoms in total. The number of esters is 1. The molecule has 0 aliphatic carbocycles. The van der Waals surface area contributed by atoms with Crippen LogP contribution in [0.15, 0.2) is 12.4 Å². The van der Waals surface area contributed by atoms with Gasteiger partial charge in [0.15, 0.2) is 11.3 Å². The number of fused-ring (bicyclic) bond motifs is 1. The molecule has 130 valence electrons. The molecule has 0 atom stereocenters. The van der Waals surface area contributed by atoms with E-state index in [1.54, 1.807) is 44.5 Å². The van der Waals surface area contributed by atoms with E-state index >= 15 is 0 Å². The summed E-state index contributed by atoms with van der Waals surface area (Å²) in [5, 5.41) is 2.65. The maximum Gasteiger partial charge on any atom is 0.407 e. The lowest BCUT2D eigenvalue weighted by Crippen LogP contribution is -2.32. The highest BCUT2D eigenvalue weighted by Gasteiger charge is 2.18. The zero-order valence-electron chi connectivity index (χ0n) is 14.5. The van der Waals surface area contributed by atoms with Crippen molar-refractivity contribution in [2.45, 2.75) is 46.8 Å². The van der Waals surface area contributed by atoms with Crippen LogP contribution in [-0.2, 0) is 16.0 Å². The highest BCUT2D eigenvalue weighted by molar-refractivity contribution is 5.88. The number of hydrogen-bond acceptors (Lipinski definition) is 6. The lowest BCUT2D eigenvalue weighted by Gasteiger charge is -2.19. The molecule has 1 amide bonds. The molecule has 2 heterocycles. The quantitative estimate of drug-likeness (QED) is 0.862. The molecule has 0 fully saturated rings. The van der Waals surface area contributed by atoms with Crippen LogP contribution in [0.4, 0.5) is 4.79 Å². The fraction of sp³-hybridized carbons (Fsp3) is 0.500. The summed E-state index contributed by atoms with van der Waals surface area (Å²) in [6.07, 6.45) is 2.79. The second-order valence-electron chi connectivity index (χ2n) is 6.26. The van der Waals surface area contributed by atoms with Gasteiger partial charge >= 0.3 is 12.1 Å². The number of imidazole rings is 1. The Morgan fingerprint density at radius 2 is 1.96 bits per heavy atom. The average Bonchev–Trinajstić information content (AvgIpc) is 2.87. The Hall–Kier alpha value is -2.64. The van der Waals surface area contributed by atoms with E-state index in [1.807, 2.05) is 6.92 Å². The van der Waals surface area contributed by atoms with Gasteiger partial charge < -0.3 is 19.2 Å². The number of rotatable bonds is 4. The number of alkyl carbamates (subject to hydrolysis) is 1. The molecule has 0 aliphatic heterocycles. The summed E-state index contributed by atoms with van der Waals surface area (Å²) >= 11 is 0. The van der Waals surface area contributed by atoms with E-state index in [2.05, 4.69) is 15.3 Å². The van der Waals surface area contributed by atoms with Gasteiger partial charge in [0, 0.05) is 12.4 Å². The number of amides is 1. The van der Waals surface area contributed by atoms with E-state index in [4.69, 9.17) is 9.47 Å². The minimum Gasteiger partial charge on any atom is -0.461 e. The van der Waals surface area contributed by atoms with Crippen LogP contribution in [-0.4, -0.2) is 38.6 Å². The SMILES string of the molecule is CCOC(=O)c1cn2cc(C)nc(CNC(=O)OC(C)(C)C)c2n1. The largest absolute Gasteiger partial charge is 0.461 e. The van der Waals surface area contributed by atoms with Crippen molar-refractivity contribution >= 4 is 17.7 Å². The van der Waals surface area contributed by atoms with Crippen LogP contribution >= 0.6 is 0 Å². The average molecular weight is 334 g/mol. The minimum atomic E-state index is -0.580. The number of aromatic nitrogens is 3. The Morgan fingerprint density at radius 3 is 2.58 bits per heavy atom. The van der Waals surface area contributed by atoms with Crippen LogP contribution in [0.5, 0.6) is 0 Å². The lowest BCUT2D eigenvalue weighted by molar-refractivity contribution is 0.0510. The number of hydrogen-bond donors (Lipinski definition) is 1. The molecule has 0 saturated heterocycles. The van der Waals surface area contributed by atoms with Gasteiger partial charge in [0.05, 0.1) is 18.8 Å². The van der Waals surface area contributed by atoms with Crippen LogP contribution in [0, 0.1) is 6.92 Å². The van der Waals surface area contributed by atoms with Crippen LogP contribution < -0.4 is 5.32 Å². The monoisotopic (exact) mass is 334 g/mol. The predicted molar refractivity (Wildman–Crippen MR) is 86.8 cm³/mol. The summed E-state index contributed by atoms with van der Waals surface area (Å²) in [5.74, 6) is -0.495. The first kappa shape index (κ1) is 17.7. The second kappa shape index (κ2) is 6.86. The van der Waals surface area contributed by atoms with Crippen LogP contribution in [0.25, 0.3) is 5.65 Å². The molecule has 0 unspecified atom stereocenters. The Kier molecular flexibility index (Phi) is 5.06. The highest BCUT2D eigenvalue weighted by atomic mass is 16.6. The normalized spacial score (nSPS) is 11.4. The van der Waals surface area contributed by atoms with Gasteiger partial charge in [-0.25, -0.2) is 14.6 Å². The van der Waals surface area contributed by atoms with E-state index in [0.717, 1.165) is 5.69 Å². The Balaban J connectivity index is 2.23. The van der Waals surface area contributed by atoms with Crippen molar-refractivity contribution in [3.63, 3.8) is 0 Å². The molecule has 0 radical (unpaired) electrons. The summed E-state index contributed by atoms with van der Waals surface area (Å²) < 4.78 is 11.8. The Labute approximate surface area is 140 Å². The number of aryl methyl sites for hydroxylation is 1. The first-order valence-corrected chi connectivity index (χ1v) is 7.69. The Bertz CT molecular complexity index is 761. The van der Waals surface area contributed by atoms with Crippen molar-refractivity contribution in [2.75, 3.05) is 6.61 Å². The van der Waals surface area contributed by atoms with Gasteiger partial charge in [0.2, 0.25) is 0 Å². The highest BCUT2D eigenvalue weighted by Crippen LogP contribution is 2.12. The van der Waals surface area contributed by atoms with Crippen LogP contribution in [0.1, 0.15) is 49.6 Å². The number of nitrogens with zero attached hydrogens (tertiary/aromatic N) is 3. The smallest absolute Gasteiger partial charge is 0.407 e. The molecule has 2 rings (SSSR count). The van der Waals surface area contributed by atoms with E-state index in [1.165, 1.54) is 0 Å². The number of carbonyl (C=O) groups excluding carboxylic acids is 2. The summed E-state index contributed by atoms with van der Waals surface area (Å²) in [6.45, 7) is 9.33. The standard InChI is InChI=1S/C16H22N4O4/c1-6-23-14(21)12-9-20-8-10(2)18-11(13(20)19-12)7-17-15(22)24-16(3,4)5/h8-9H,6-7H2,1-5H3,(H,17,22). The molecule has 0 bridgehead atoms. The Morgan fingerprint density at radius 1 is 1.25 bits per heavy atom. The van der Waals surface area contributed by atoms with E-state index in [-0.39, 0.29) is 18.8 Å². The molecule has 0 aliphatic rings. The first-order chi connectivity index (χ1) is 11.2. The van der Waals surface area contributed by atoms with Crippen molar-refractivity contribution in [3.8, 4) is 0 Å². The minimum absolute atomic E-state index is 0.138. The van der Waals surface area contributed by atoms with Crippen molar-refractivity contribution in [1.29, 1.82) is 0 Å². The zero-order valence-corrected chi connectivity index (χ0v) is 14.5. The molecule has 2 aromatic rings. The summed E-state index contributed by atoms with van der Waals surface area (Å²) in [5.41, 5.74) is 1.37. The van der Waals surface area contributed by atoms with Gasteiger partial charge in [-0.3, -0.25) is 4.98 Å². The lowest BCUT2D eigenvalue weighted by atomic mass is 10.2. The second-order valence-corrected chi connectivity index (χ2v) is 6.26. The molecule has 24 heavy (non-hydrogen) atoms. The fourth-order valence-corrected chi connectivity index (χ4v) is 2.09. The van der Waals surface area contributed by atoms with Crippen molar-refractivity contribution in [2.24, 2.45) is 0 Å². The van der Waals surface area contributed by atoms with Crippen molar-refractivity contribution in [3.05, 3.63) is 29.5 Å². The van der Waals surface area contributed by atoms with E-state index < -0.39 is 17.7 Å². The third kappa shape index (κ3) is 4.43. The fourth-order valence-electron chi connectivity index (χ4n) is 2.09. The number of ether oxygens (including phenoxy) is 2. The molecule has 1 N–H and O–H groups in total. The number of nitrogens with one attached hydrogen (secondary N) is 1. The molecule has 0 spiro atoms. The third-order valence-corrected chi connectivity index (χ3v) is 2.91. The van der Waals surface area contributed by atoms with Gasteiger partial charge in [0.25, 0.3) is 0 Å². The van der Waals surface area contributed by atoms with Crippen LogP contribution in [0.3, 0.4) is 0 Å². The summed E-state index contributed by atoms with van der Waals surface area (Å²) in [6, 6.07) is 0. The summed E-state index contributed by atoms with van der Waals surface area (Å²) in [4.78, 5) is 32.3. The molecule has 0 saturated carbocycles. The van der Waals surface area contributed by atoms with E-state index in [9.17, 15) is 9.59 Å². The van der Waals surface area contributed by atoms with Gasteiger partial charge in [-0.15, -0.1) is 0 Å². The van der Waals surface area contributed by atoms with Gasteiger partial charge in [-0.05, 0) is 34.6 Å². The third-order valence-electron chi connectivity index (χ3n) is 2.91. The van der Waals surface area contributed by atoms with Gasteiger partial charge in [-0.1, -0.05) is 0 Å². The maximum atomic E-state index is 11.8.